The molecule has 0 radical (unpaired) electrons. The highest BCUT2D eigenvalue weighted by Crippen LogP contribution is 2.25. The van der Waals surface area contributed by atoms with Gasteiger partial charge in [0.05, 0.1) is 6.54 Å². The van der Waals surface area contributed by atoms with Crippen LogP contribution in [-0.2, 0) is 23.2 Å². The highest BCUT2D eigenvalue weighted by Gasteiger charge is 2.30. The molecule has 0 aliphatic rings. The first-order valence-electron chi connectivity index (χ1n) is 9.10. The van der Waals surface area contributed by atoms with Crippen LogP contribution in [0, 0.1) is 0 Å². The third-order valence-corrected chi connectivity index (χ3v) is 4.44. The highest BCUT2D eigenvalue weighted by atomic mass is 16.4. The molecule has 3 rings (SSSR count). The number of hydrogen-bond donors (Lipinski definition) is 1. The van der Waals surface area contributed by atoms with Crippen LogP contribution in [0.5, 0.6) is 0 Å². The van der Waals surface area contributed by atoms with Gasteiger partial charge in [0, 0.05) is 5.41 Å². The number of benzene rings is 2. The zero-order valence-corrected chi connectivity index (χ0v) is 16.0. The van der Waals surface area contributed by atoms with Crippen LogP contribution < -0.4 is 0 Å². The fraction of sp³-hybridized carbons (Fsp3) is 0.318. The molecule has 0 saturated carbocycles. The maximum atomic E-state index is 12.1. The van der Waals surface area contributed by atoms with E-state index in [9.17, 15) is 9.90 Å². The molecule has 0 bridgehead atoms. The molecule has 1 atom stereocenters. The zero-order valence-electron chi connectivity index (χ0n) is 16.0. The van der Waals surface area contributed by atoms with Crippen molar-refractivity contribution in [3.8, 4) is 0 Å². The minimum atomic E-state index is -0.888. The Balaban J connectivity index is 2.02. The van der Waals surface area contributed by atoms with Crippen molar-refractivity contribution in [3.05, 3.63) is 83.4 Å². The third-order valence-electron chi connectivity index (χ3n) is 4.44. The van der Waals surface area contributed by atoms with Gasteiger partial charge in [0.25, 0.3) is 0 Å². The molecular formula is C22H25N3O2. The lowest BCUT2D eigenvalue weighted by Crippen LogP contribution is -2.20. The van der Waals surface area contributed by atoms with Crippen LogP contribution in [0.4, 0.5) is 0 Å². The van der Waals surface area contributed by atoms with E-state index in [0.29, 0.717) is 24.6 Å². The van der Waals surface area contributed by atoms with Crippen molar-refractivity contribution in [3.63, 3.8) is 0 Å². The molecule has 27 heavy (non-hydrogen) atoms. The van der Waals surface area contributed by atoms with Crippen molar-refractivity contribution in [2.45, 2.75) is 45.1 Å². The number of aliphatic carboxylic acids is 1. The average Bonchev–Trinajstić information content (AvgIpc) is 3.05. The highest BCUT2D eigenvalue weighted by molar-refractivity contribution is 5.75. The van der Waals surface area contributed by atoms with E-state index in [4.69, 9.17) is 0 Å². The molecule has 1 aromatic heterocycles. The quantitative estimate of drug-likeness (QED) is 0.718. The van der Waals surface area contributed by atoms with Gasteiger partial charge in [0.15, 0.2) is 5.82 Å². The van der Waals surface area contributed by atoms with Crippen LogP contribution in [0.15, 0.2) is 60.7 Å². The van der Waals surface area contributed by atoms with E-state index >= 15 is 0 Å². The van der Waals surface area contributed by atoms with Gasteiger partial charge in [-0.25, -0.2) is 9.67 Å². The van der Waals surface area contributed by atoms with Crippen molar-refractivity contribution in [2.24, 2.45) is 0 Å². The Morgan fingerprint density at radius 1 is 1.00 bits per heavy atom. The Morgan fingerprint density at radius 3 is 2.07 bits per heavy atom. The molecule has 0 unspecified atom stereocenters. The monoisotopic (exact) mass is 363 g/mol. The Labute approximate surface area is 159 Å². The largest absolute Gasteiger partial charge is 0.481 e. The second-order valence-corrected chi connectivity index (χ2v) is 7.77. The first kappa shape index (κ1) is 18.8. The van der Waals surface area contributed by atoms with Crippen molar-refractivity contribution in [2.75, 3.05) is 0 Å². The van der Waals surface area contributed by atoms with Gasteiger partial charge < -0.3 is 5.11 Å². The Kier molecular flexibility index (Phi) is 5.40. The number of hydrogen-bond acceptors (Lipinski definition) is 3. The Morgan fingerprint density at radius 2 is 1.56 bits per heavy atom. The fourth-order valence-corrected chi connectivity index (χ4v) is 2.94. The van der Waals surface area contributed by atoms with E-state index in [2.05, 4.69) is 10.1 Å². The predicted octanol–water partition coefficient (Wildman–Crippen LogP) is 4.03. The number of aromatic nitrogens is 3. The second kappa shape index (κ2) is 7.74. The summed E-state index contributed by atoms with van der Waals surface area (Å²) in [6, 6.07) is 19.6. The van der Waals surface area contributed by atoms with Gasteiger partial charge in [-0.1, -0.05) is 81.4 Å². The van der Waals surface area contributed by atoms with E-state index < -0.39 is 11.9 Å². The molecule has 0 aliphatic carbocycles. The van der Waals surface area contributed by atoms with Gasteiger partial charge in [0.2, 0.25) is 0 Å². The molecule has 0 aliphatic heterocycles. The summed E-state index contributed by atoms with van der Waals surface area (Å²) in [4.78, 5) is 16.8. The molecule has 1 heterocycles. The van der Waals surface area contributed by atoms with Crippen molar-refractivity contribution in [1.29, 1.82) is 0 Å². The lowest BCUT2D eigenvalue weighted by molar-refractivity contribution is -0.139. The first-order chi connectivity index (χ1) is 12.8. The standard InChI is InChI=1S/C22H25N3O2/c1-22(2,3)21-23-19(25(24-21)15-17-12-8-5-9-13-17)18(20(26)27)14-16-10-6-4-7-11-16/h4-13,18H,14-15H2,1-3H3,(H,26,27)/t18-/m1/s1. The summed E-state index contributed by atoms with van der Waals surface area (Å²) in [6.07, 6.45) is 0.382. The Hall–Kier alpha value is -2.95. The number of nitrogens with zero attached hydrogens (tertiary/aromatic N) is 3. The maximum absolute atomic E-state index is 12.1. The number of rotatable bonds is 6. The molecule has 0 saturated heterocycles. The van der Waals surface area contributed by atoms with Gasteiger partial charge in [-0.3, -0.25) is 4.79 Å². The molecule has 140 valence electrons. The van der Waals surface area contributed by atoms with E-state index in [-0.39, 0.29) is 5.41 Å². The molecule has 5 nitrogen and oxygen atoms in total. The van der Waals surface area contributed by atoms with Crippen LogP contribution in [-0.4, -0.2) is 25.8 Å². The first-order valence-corrected chi connectivity index (χ1v) is 9.10. The fourth-order valence-electron chi connectivity index (χ4n) is 2.94. The summed E-state index contributed by atoms with van der Waals surface area (Å²) < 4.78 is 1.75. The van der Waals surface area contributed by atoms with E-state index in [1.165, 1.54) is 0 Å². The molecule has 0 spiro atoms. The topological polar surface area (TPSA) is 68.0 Å². The lowest BCUT2D eigenvalue weighted by Gasteiger charge is -2.13. The van der Waals surface area contributed by atoms with Gasteiger partial charge in [0.1, 0.15) is 11.7 Å². The van der Waals surface area contributed by atoms with Gasteiger partial charge in [-0.05, 0) is 17.5 Å². The normalized spacial score (nSPS) is 12.7. The summed E-state index contributed by atoms with van der Waals surface area (Å²) in [5, 5.41) is 14.6. The van der Waals surface area contributed by atoms with Crippen LogP contribution >= 0.6 is 0 Å². The summed E-state index contributed by atoms with van der Waals surface area (Å²) >= 11 is 0. The van der Waals surface area contributed by atoms with E-state index in [1.54, 1.807) is 4.68 Å². The molecule has 2 aromatic carbocycles. The van der Waals surface area contributed by atoms with E-state index in [1.807, 2.05) is 81.4 Å². The van der Waals surface area contributed by atoms with Crippen LogP contribution in [0.3, 0.4) is 0 Å². The number of carboxylic acids is 1. The van der Waals surface area contributed by atoms with Gasteiger partial charge in [-0.2, -0.15) is 5.10 Å². The number of carboxylic acid groups (broad SMARTS) is 1. The van der Waals surface area contributed by atoms with Crippen LogP contribution in [0.25, 0.3) is 0 Å². The molecule has 0 amide bonds. The third kappa shape index (κ3) is 4.61. The van der Waals surface area contributed by atoms with Crippen molar-refractivity contribution < 1.29 is 9.90 Å². The number of carbonyl (C=O) groups is 1. The van der Waals surface area contributed by atoms with Gasteiger partial charge in [-0.15, -0.1) is 0 Å². The minimum absolute atomic E-state index is 0.257. The average molecular weight is 363 g/mol. The minimum Gasteiger partial charge on any atom is -0.481 e. The lowest BCUT2D eigenvalue weighted by atomic mass is 9.95. The van der Waals surface area contributed by atoms with Crippen molar-refractivity contribution in [1.82, 2.24) is 14.8 Å². The van der Waals surface area contributed by atoms with Crippen LogP contribution in [0.1, 0.15) is 49.5 Å². The molecule has 5 heteroatoms. The summed E-state index contributed by atoms with van der Waals surface area (Å²) in [5.74, 6) is -0.478. The van der Waals surface area contributed by atoms with Crippen LogP contribution in [0.2, 0.25) is 0 Å². The molecular weight excluding hydrogens is 338 g/mol. The maximum Gasteiger partial charge on any atom is 0.314 e. The van der Waals surface area contributed by atoms with Gasteiger partial charge >= 0.3 is 5.97 Å². The molecule has 0 fully saturated rings. The van der Waals surface area contributed by atoms with E-state index in [0.717, 1.165) is 11.1 Å². The summed E-state index contributed by atoms with van der Waals surface area (Å²) in [6.45, 7) is 6.60. The molecule has 3 aromatic rings. The Bertz CT molecular complexity index is 896. The molecule has 1 N–H and O–H groups in total. The predicted molar refractivity (Wildman–Crippen MR) is 105 cm³/mol. The van der Waals surface area contributed by atoms with Crippen molar-refractivity contribution >= 4 is 5.97 Å². The zero-order chi connectivity index (χ0) is 19.4. The second-order valence-electron chi connectivity index (χ2n) is 7.77. The summed E-state index contributed by atoms with van der Waals surface area (Å²) in [7, 11) is 0. The summed E-state index contributed by atoms with van der Waals surface area (Å²) in [5.41, 5.74) is 1.77. The smallest absolute Gasteiger partial charge is 0.314 e. The SMILES string of the molecule is CC(C)(C)c1nc([C@@H](Cc2ccccc2)C(=O)O)n(Cc2ccccc2)n1.